The van der Waals surface area contributed by atoms with Gasteiger partial charge in [0.15, 0.2) is 0 Å². The zero-order valence-corrected chi connectivity index (χ0v) is 18.1. The molecule has 2 aromatic rings. The number of carbonyl (C=O) groups is 2. The molecule has 1 aromatic carbocycles. The average molecular weight is 437 g/mol. The number of nitrogens with zero attached hydrogens (tertiary/aromatic N) is 3. The van der Waals surface area contributed by atoms with E-state index in [0.29, 0.717) is 17.0 Å². The van der Waals surface area contributed by atoms with Crippen molar-refractivity contribution < 1.29 is 14.3 Å². The van der Waals surface area contributed by atoms with E-state index >= 15 is 0 Å². The summed E-state index contributed by atoms with van der Waals surface area (Å²) in [6.07, 6.45) is 9.02. The number of fused-ring (bicyclic) bond motifs is 3. The van der Waals surface area contributed by atoms with Crippen LogP contribution in [0.15, 0.2) is 46.5 Å². The number of ether oxygens (including phenoxy) is 1. The summed E-state index contributed by atoms with van der Waals surface area (Å²) in [5.74, 6) is 0.569. The Bertz CT molecular complexity index is 1030. The normalized spacial score (nSPS) is 22.7. The van der Waals surface area contributed by atoms with Crippen LogP contribution in [0, 0.1) is 0 Å². The fraction of sp³-hybridized carbons (Fsp3) is 0.391. The summed E-state index contributed by atoms with van der Waals surface area (Å²) in [4.78, 5) is 37.1. The van der Waals surface area contributed by atoms with E-state index in [1.54, 1.807) is 50.0 Å². The molecule has 8 heteroatoms. The Morgan fingerprint density at radius 1 is 1.16 bits per heavy atom. The van der Waals surface area contributed by atoms with Crippen LogP contribution >= 0.6 is 11.8 Å². The molecule has 3 heterocycles. The number of thioether (sulfide) groups is 1. The van der Waals surface area contributed by atoms with E-state index in [-0.39, 0.29) is 29.1 Å². The molecule has 7 nitrogen and oxygen atoms in total. The van der Waals surface area contributed by atoms with Crippen LogP contribution in [0.1, 0.15) is 54.1 Å². The van der Waals surface area contributed by atoms with E-state index < -0.39 is 0 Å². The van der Waals surface area contributed by atoms with Gasteiger partial charge < -0.3 is 10.1 Å². The number of rotatable bonds is 4. The van der Waals surface area contributed by atoms with Crippen molar-refractivity contribution in [2.45, 2.75) is 54.5 Å². The van der Waals surface area contributed by atoms with Gasteiger partial charge in [-0.25, -0.2) is 4.98 Å². The number of aromatic nitrogens is 1. The lowest BCUT2D eigenvalue weighted by molar-refractivity contribution is -0.129. The van der Waals surface area contributed by atoms with Gasteiger partial charge in [-0.2, -0.15) is 0 Å². The van der Waals surface area contributed by atoms with Crippen molar-refractivity contribution in [2.75, 3.05) is 12.4 Å². The maximum absolute atomic E-state index is 13.3. The number of pyridine rings is 1. The van der Waals surface area contributed by atoms with Crippen molar-refractivity contribution in [1.82, 2.24) is 9.88 Å². The number of benzene rings is 1. The minimum Gasteiger partial charge on any atom is -0.497 e. The van der Waals surface area contributed by atoms with Crippen LogP contribution < -0.4 is 10.1 Å². The highest BCUT2D eigenvalue weighted by molar-refractivity contribution is 8.01. The van der Waals surface area contributed by atoms with Crippen molar-refractivity contribution >= 4 is 35.6 Å². The van der Waals surface area contributed by atoms with E-state index in [9.17, 15) is 9.59 Å². The highest BCUT2D eigenvalue weighted by Crippen LogP contribution is 2.50. The van der Waals surface area contributed by atoms with Gasteiger partial charge in [-0.1, -0.05) is 31.0 Å². The van der Waals surface area contributed by atoms with Crippen LogP contribution in [0.5, 0.6) is 5.75 Å². The molecule has 1 aromatic heterocycles. The molecular weight excluding hydrogens is 412 g/mol. The SMILES string of the molecule is COc1ccc(C(=O)Nc2ccnc3c2C2N=CN(C4CCCCC4)C(=O)C2S3)cc1. The highest BCUT2D eigenvalue weighted by Gasteiger charge is 2.46. The number of aliphatic imine (C=N–C) groups is 1. The first-order chi connectivity index (χ1) is 15.2. The van der Waals surface area contributed by atoms with Crippen LogP contribution in [0.3, 0.4) is 0 Å². The molecule has 0 saturated heterocycles. The molecule has 2 aliphatic heterocycles. The molecule has 0 bridgehead atoms. The summed E-state index contributed by atoms with van der Waals surface area (Å²) in [7, 11) is 1.59. The Hall–Kier alpha value is -2.87. The van der Waals surface area contributed by atoms with Crippen LogP contribution in [0.25, 0.3) is 0 Å². The molecule has 0 spiro atoms. The second-order valence-electron chi connectivity index (χ2n) is 8.05. The van der Waals surface area contributed by atoms with Crippen LogP contribution in [0.2, 0.25) is 0 Å². The van der Waals surface area contributed by atoms with Crippen molar-refractivity contribution in [2.24, 2.45) is 4.99 Å². The standard InChI is InChI=1S/C23H24N4O3S/c1-30-16-9-7-14(8-10-16)21(28)26-17-11-12-24-22-18(17)19-20(31-22)23(29)27(13-25-19)15-5-3-2-4-6-15/h7-13,15,19-20H,2-6H2,1H3,(H,24,26,28). The number of carbonyl (C=O) groups excluding carboxylic acids is 2. The van der Waals surface area contributed by atoms with Gasteiger partial charge in [0.05, 0.1) is 19.1 Å². The summed E-state index contributed by atoms with van der Waals surface area (Å²) in [6.45, 7) is 0. The third kappa shape index (κ3) is 3.69. The Labute approximate surface area is 185 Å². The third-order valence-corrected chi connectivity index (χ3v) is 7.45. The number of methoxy groups -OCH3 is 1. The van der Waals surface area contributed by atoms with Gasteiger partial charge in [0.25, 0.3) is 5.91 Å². The summed E-state index contributed by atoms with van der Waals surface area (Å²) in [6, 6.07) is 8.64. The van der Waals surface area contributed by atoms with Gasteiger partial charge in [-0.3, -0.25) is 19.5 Å². The molecule has 5 rings (SSSR count). The van der Waals surface area contributed by atoms with Crippen LogP contribution in [0.4, 0.5) is 5.69 Å². The highest BCUT2D eigenvalue weighted by atomic mass is 32.2. The predicted molar refractivity (Wildman–Crippen MR) is 120 cm³/mol. The molecular formula is C23H24N4O3S. The van der Waals surface area contributed by atoms with Gasteiger partial charge in [-0.05, 0) is 43.2 Å². The quantitative estimate of drug-likeness (QED) is 0.781. The summed E-state index contributed by atoms with van der Waals surface area (Å²) in [5.41, 5.74) is 2.01. The van der Waals surface area contributed by atoms with E-state index in [4.69, 9.17) is 9.73 Å². The monoisotopic (exact) mass is 436 g/mol. The van der Waals surface area contributed by atoms with Crippen molar-refractivity contribution in [3.63, 3.8) is 0 Å². The maximum atomic E-state index is 13.3. The van der Waals surface area contributed by atoms with E-state index in [1.165, 1.54) is 18.2 Å². The Morgan fingerprint density at radius 3 is 2.68 bits per heavy atom. The topological polar surface area (TPSA) is 83.9 Å². The number of hydrogen-bond acceptors (Lipinski definition) is 6. The molecule has 1 N–H and O–H groups in total. The predicted octanol–water partition coefficient (Wildman–Crippen LogP) is 4.06. The van der Waals surface area contributed by atoms with Crippen molar-refractivity contribution in [3.8, 4) is 5.75 Å². The van der Waals surface area contributed by atoms with Gasteiger partial charge >= 0.3 is 0 Å². The first-order valence-corrected chi connectivity index (χ1v) is 11.5. The molecule has 1 aliphatic carbocycles. The largest absolute Gasteiger partial charge is 0.497 e. The van der Waals surface area contributed by atoms with Gasteiger partial charge in [-0.15, -0.1) is 0 Å². The van der Waals surface area contributed by atoms with E-state index in [2.05, 4.69) is 10.3 Å². The van der Waals surface area contributed by atoms with E-state index in [1.807, 2.05) is 4.90 Å². The summed E-state index contributed by atoms with van der Waals surface area (Å²) >= 11 is 1.45. The van der Waals surface area contributed by atoms with Crippen molar-refractivity contribution in [3.05, 3.63) is 47.7 Å². The lowest BCUT2D eigenvalue weighted by Crippen LogP contribution is -2.48. The number of amides is 2. The minimum atomic E-state index is -0.327. The third-order valence-electron chi connectivity index (χ3n) is 6.19. The molecule has 160 valence electrons. The van der Waals surface area contributed by atoms with Crippen molar-refractivity contribution in [1.29, 1.82) is 0 Å². The van der Waals surface area contributed by atoms with Crippen LogP contribution in [-0.4, -0.2) is 46.4 Å². The lowest BCUT2D eigenvalue weighted by Gasteiger charge is -2.36. The molecule has 2 amide bonds. The fourth-order valence-electron chi connectivity index (χ4n) is 4.53. The smallest absolute Gasteiger partial charge is 0.255 e. The van der Waals surface area contributed by atoms with Gasteiger partial charge in [0, 0.05) is 23.4 Å². The van der Waals surface area contributed by atoms with E-state index in [0.717, 1.165) is 36.3 Å². The Balaban J connectivity index is 1.39. The minimum absolute atomic E-state index is 0.0994. The molecule has 1 fully saturated rings. The maximum Gasteiger partial charge on any atom is 0.255 e. The van der Waals surface area contributed by atoms with Crippen LogP contribution in [-0.2, 0) is 4.79 Å². The number of hydrogen-bond donors (Lipinski definition) is 1. The van der Waals surface area contributed by atoms with Gasteiger partial charge in [0.1, 0.15) is 22.1 Å². The molecule has 2 unspecified atom stereocenters. The Kier molecular flexibility index (Phi) is 5.40. The fourth-order valence-corrected chi connectivity index (χ4v) is 5.81. The summed E-state index contributed by atoms with van der Waals surface area (Å²) < 4.78 is 5.15. The van der Waals surface area contributed by atoms with Gasteiger partial charge in [0.2, 0.25) is 5.91 Å². The molecule has 2 atom stereocenters. The molecule has 1 saturated carbocycles. The molecule has 0 radical (unpaired) electrons. The second kappa shape index (κ2) is 8.34. The first kappa shape index (κ1) is 20.1. The second-order valence-corrected chi connectivity index (χ2v) is 9.18. The number of nitrogens with one attached hydrogen (secondary N) is 1. The summed E-state index contributed by atoms with van der Waals surface area (Å²) in [5, 5.41) is 3.42. The average Bonchev–Trinajstić information content (AvgIpc) is 3.20. The lowest BCUT2D eigenvalue weighted by atomic mass is 9.93. The zero-order chi connectivity index (χ0) is 21.4. The zero-order valence-electron chi connectivity index (χ0n) is 17.3. The number of anilines is 1. The first-order valence-electron chi connectivity index (χ1n) is 10.6. The Morgan fingerprint density at radius 2 is 1.94 bits per heavy atom. The molecule has 3 aliphatic rings. The molecule has 31 heavy (non-hydrogen) atoms.